The molecule has 2 aromatic heterocycles. The van der Waals surface area contributed by atoms with Gasteiger partial charge in [0, 0.05) is 30.1 Å². The molecule has 1 aliphatic rings. The SMILES string of the molecule is Cc1cc(F)ccc1[C@@H]1C[C@](C)(C(F)(F)F)OC[C@H]1c1cc(=O)c2cnccc2[nH]1. The minimum atomic E-state index is -4.56. The maximum atomic E-state index is 13.7. The lowest BCUT2D eigenvalue weighted by molar-refractivity contribution is -0.286. The summed E-state index contributed by atoms with van der Waals surface area (Å²) in [7, 11) is 0. The van der Waals surface area contributed by atoms with Crippen LogP contribution in [0.25, 0.3) is 10.9 Å². The van der Waals surface area contributed by atoms with Crippen molar-refractivity contribution in [2.45, 2.75) is 43.9 Å². The van der Waals surface area contributed by atoms with Crippen LogP contribution in [0.5, 0.6) is 0 Å². The van der Waals surface area contributed by atoms with Crippen molar-refractivity contribution in [3.05, 3.63) is 75.6 Å². The van der Waals surface area contributed by atoms with Gasteiger partial charge in [0.25, 0.3) is 0 Å². The topological polar surface area (TPSA) is 55.0 Å². The molecule has 0 radical (unpaired) electrons. The zero-order valence-electron chi connectivity index (χ0n) is 16.4. The maximum absolute atomic E-state index is 13.7. The van der Waals surface area contributed by atoms with Crippen molar-refractivity contribution in [1.82, 2.24) is 9.97 Å². The lowest BCUT2D eigenvalue weighted by Crippen LogP contribution is -2.51. The number of H-pyrrole nitrogens is 1. The van der Waals surface area contributed by atoms with Crippen LogP contribution >= 0.6 is 0 Å². The van der Waals surface area contributed by atoms with Crippen molar-refractivity contribution in [3.8, 4) is 0 Å². The summed E-state index contributed by atoms with van der Waals surface area (Å²) in [4.78, 5) is 19.7. The Bertz CT molecular complexity index is 1160. The van der Waals surface area contributed by atoms with E-state index in [4.69, 9.17) is 4.74 Å². The molecule has 0 spiro atoms. The van der Waals surface area contributed by atoms with Gasteiger partial charge in [0.1, 0.15) is 5.82 Å². The number of pyridine rings is 2. The number of halogens is 4. The molecule has 0 amide bonds. The zero-order chi connectivity index (χ0) is 21.7. The highest BCUT2D eigenvalue weighted by molar-refractivity contribution is 5.77. The van der Waals surface area contributed by atoms with E-state index in [1.54, 1.807) is 13.0 Å². The van der Waals surface area contributed by atoms with Crippen LogP contribution in [0, 0.1) is 12.7 Å². The molecule has 1 fully saturated rings. The molecule has 1 aromatic carbocycles. The van der Waals surface area contributed by atoms with Crippen molar-refractivity contribution in [1.29, 1.82) is 0 Å². The Kier molecular flexibility index (Phi) is 4.92. The van der Waals surface area contributed by atoms with Crippen molar-refractivity contribution in [2.75, 3.05) is 6.61 Å². The molecule has 30 heavy (non-hydrogen) atoms. The first kappa shape index (κ1) is 20.5. The van der Waals surface area contributed by atoms with Crippen LogP contribution in [0.15, 0.2) is 47.5 Å². The second-order valence-corrected chi connectivity index (χ2v) is 7.97. The van der Waals surface area contributed by atoms with E-state index < -0.39 is 29.4 Å². The first-order valence-corrected chi connectivity index (χ1v) is 9.53. The van der Waals surface area contributed by atoms with Crippen molar-refractivity contribution >= 4 is 10.9 Å². The summed E-state index contributed by atoms with van der Waals surface area (Å²) >= 11 is 0. The fraction of sp³-hybridized carbons (Fsp3) is 0.364. The molecule has 1 aliphatic heterocycles. The Morgan fingerprint density at radius 2 is 1.97 bits per heavy atom. The van der Waals surface area contributed by atoms with Gasteiger partial charge < -0.3 is 9.72 Å². The van der Waals surface area contributed by atoms with Crippen LogP contribution in [-0.2, 0) is 4.74 Å². The summed E-state index contributed by atoms with van der Waals surface area (Å²) in [5.74, 6) is -1.61. The first-order chi connectivity index (χ1) is 14.1. The largest absolute Gasteiger partial charge is 0.417 e. The molecule has 4 nitrogen and oxygen atoms in total. The van der Waals surface area contributed by atoms with Crippen LogP contribution in [-0.4, -0.2) is 28.4 Å². The molecule has 0 unspecified atom stereocenters. The number of rotatable bonds is 2. The Morgan fingerprint density at radius 1 is 1.20 bits per heavy atom. The lowest BCUT2D eigenvalue weighted by atomic mass is 9.73. The molecule has 1 N–H and O–H groups in total. The normalized spacial score (nSPS) is 24.9. The van der Waals surface area contributed by atoms with Gasteiger partial charge in [-0.15, -0.1) is 0 Å². The fourth-order valence-electron chi connectivity index (χ4n) is 4.21. The second-order valence-electron chi connectivity index (χ2n) is 7.97. The molecule has 0 bridgehead atoms. The number of nitrogens with one attached hydrogen (secondary N) is 1. The van der Waals surface area contributed by atoms with E-state index in [2.05, 4.69) is 9.97 Å². The standard InChI is InChI=1S/C22H20F4N2O2/c1-12-7-13(23)3-4-14(12)15-9-21(2,22(24,25)26)30-11-17(15)19-8-20(29)16-10-27-6-5-18(16)28-19/h3-8,10,15,17H,9,11H2,1-2H3,(H,28,29)/t15-,17+,21+/m0/s1. The number of nitrogens with zero attached hydrogens (tertiary/aromatic N) is 1. The van der Waals surface area contributed by atoms with Gasteiger partial charge in [-0.25, -0.2) is 4.39 Å². The minimum absolute atomic E-state index is 0.232. The number of alkyl halides is 3. The molecule has 0 saturated carbocycles. The predicted octanol–water partition coefficient (Wildman–Crippen LogP) is 4.98. The molecule has 158 valence electrons. The third-order valence-electron chi connectivity index (χ3n) is 5.96. The van der Waals surface area contributed by atoms with E-state index in [0.717, 1.165) is 6.92 Å². The number of aromatic amines is 1. The Morgan fingerprint density at radius 3 is 2.67 bits per heavy atom. The molecule has 3 heterocycles. The molecule has 8 heteroatoms. The van der Waals surface area contributed by atoms with Gasteiger partial charge in [0.2, 0.25) is 0 Å². The third kappa shape index (κ3) is 3.49. The van der Waals surface area contributed by atoms with Crippen LogP contribution in [0.4, 0.5) is 17.6 Å². The summed E-state index contributed by atoms with van der Waals surface area (Å²) in [5, 5.41) is 0.396. The number of aromatic nitrogens is 2. The van der Waals surface area contributed by atoms with E-state index in [9.17, 15) is 22.4 Å². The molecular weight excluding hydrogens is 400 g/mol. The van der Waals surface area contributed by atoms with E-state index in [0.29, 0.717) is 27.7 Å². The average molecular weight is 420 g/mol. The first-order valence-electron chi connectivity index (χ1n) is 9.53. The highest BCUT2D eigenvalue weighted by Crippen LogP contribution is 2.50. The van der Waals surface area contributed by atoms with Crippen molar-refractivity contribution in [2.24, 2.45) is 0 Å². The average Bonchev–Trinajstić information content (AvgIpc) is 2.67. The number of ether oxygens (including phenoxy) is 1. The summed E-state index contributed by atoms with van der Waals surface area (Å²) < 4.78 is 60.2. The molecule has 4 rings (SSSR count). The number of aryl methyl sites for hydroxylation is 1. The fourth-order valence-corrected chi connectivity index (χ4v) is 4.21. The van der Waals surface area contributed by atoms with Gasteiger partial charge in [-0.05, 0) is 55.5 Å². The van der Waals surface area contributed by atoms with Crippen LogP contribution in [0.2, 0.25) is 0 Å². The highest BCUT2D eigenvalue weighted by Gasteiger charge is 2.57. The highest BCUT2D eigenvalue weighted by atomic mass is 19.4. The van der Waals surface area contributed by atoms with Crippen LogP contribution in [0.1, 0.15) is 42.0 Å². The summed E-state index contributed by atoms with van der Waals surface area (Å²) in [6, 6.07) is 7.10. The second kappa shape index (κ2) is 7.19. The van der Waals surface area contributed by atoms with E-state index in [-0.39, 0.29) is 18.5 Å². The lowest BCUT2D eigenvalue weighted by Gasteiger charge is -2.44. The zero-order valence-corrected chi connectivity index (χ0v) is 16.4. The number of benzene rings is 1. The number of fused-ring (bicyclic) bond motifs is 1. The summed E-state index contributed by atoms with van der Waals surface area (Å²) in [5.41, 5.74) is -0.413. The summed E-state index contributed by atoms with van der Waals surface area (Å²) in [6.07, 6.45) is -1.93. The smallest absolute Gasteiger partial charge is 0.365 e. The van der Waals surface area contributed by atoms with Gasteiger partial charge in [0.15, 0.2) is 11.0 Å². The van der Waals surface area contributed by atoms with Crippen molar-refractivity contribution < 1.29 is 22.3 Å². The van der Waals surface area contributed by atoms with Gasteiger partial charge in [-0.2, -0.15) is 13.2 Å². The number of hydrogen-bond donors (Lipinski definition) is 1. The van der Waals surface area contributed by atoms with Gasteiger partial charge in [-0.3, -0.25) is 9.78 Å². The minimum Gasteiger partial charge on any atom is -0.365 e. The van der Waals surface area contributed by atoms with E-state index in [1.807, 2.05) is 0 Å². The third-order valence-corrected chi connectivity index (χ3v) is 5.96. The van der Waals surface area contributed by atoms with Crippen molar-refractivity contribution in [3.63, 3.8) is 0 Å². The van der Waals surface area contributed by atoms with E-state index in [1.165, 1.54) is 36.7 Å². The molecule has 1 saturated heterocycles. The Balaban J connectivity index is 1.84. The monoisotopic (exact) mass is 420 g/mol. The predicted molar refractivity (Wildman–Crippen MR) is 104 cm³/mol. The van der Waals surface area contributed by atoms with Crippen LogP contribution in [0.3, 0.4) is 0 Å². The molecule has 3 aromatic rings. The quantitative estimate of drug-likeness (QED) is 0.595. The molecular formula is C22H20F4N2O2. The van der Waals surface area contributed by atoms with Gasteiger partial charge >= 0.3 is 6.18 Å². The molecule has 0 aliphatic carbocycles. The van der Waals surface area contributed by atoms with Gasteiger partial charge in [0.05, 0.1) is 17.5 Å². The Labute approximate surface area is 169 Å². The Hall–Kier alpha value is -2.74. The molecule has 3 atom stereocenters. The summed E-state index contributed by atoms with van der Waals surface area (Å²) in [6.45, 7) is 2.47. The van der Waals surface area contributed by atoms with Crippen LogP contribution < -0.4 is 5.43 Å². The maximum Gasteiger partial charge on any atom is 0.417 e. The van der Waals surface area contributed by atoms with E-state index >= 15 is 0 Å². The number of hydrogen-bond acceptors (Lipinski definition) is 3. The van der Waals surface area contributed by atoms with Gasteiger partial charge in [-0.1, -0.05) is 6.07 Å².